The summed E-state index contributed by atoms with van der Waals surface area (Å²) in [5.41, 5.74) is 3.04. The molecular formula is C13H14BrClO. The normalized spacial score (nSPS) is 20.4. The average Bonchev–Trinajstić information content (AvgIpc) is 2.87. The average molecular weight is 302 g/mol. The van der Waals surface area contributed by atoms with E-state index < -0.39 is 0 Å². The predicted molar refractivity (Wildman–Crippen MR) is 69.4 cm³/mol. The van der Waals surface area contributed by atoms with E-state index in [0.717, 1.165) is 35.6 Å². The van der Waals surface area contributed by atoms with Gasteiger partial charge in [0.25, 0.3) is 0 Å². The Balaban J connectivity index is 1.94. The van der Waals surface area contributed by atoms with Crippen LogP contribution in [-0.4, -0.2) is 12.5 Å². The predicted octanol–water partition coefficient (Wildman–Crippen LogP) is 3.95. The van der Waals surface area contributed by atoms with Gasteiger partial charge in [-0.1, -0.05) is 15.9 Å². The SMILES string of the molecule is ClCC1(Cc2cc(Br)cc3c2OCC3)CC1. The molecule has 16 heavy (non-hydrogen) atoms. The molecule has 1 heterocycles. The van der Waals surface area contributed by atoms with Crippen LogP contribution >= 0.6 is 27.5 Å². The van der Waals surface area contributed by atoms with E-state index in [1.54, 1.807) is 0 Å². The Labute approximate surface area is 109 Å². The Hall–Kier alpha value is -0.210. The van der Waals surface area contributed by atoms with Crippen LogP contribution in [0, 0.1) is 5.41 Å². The second-order valence-electron chi connectivity index (χ2n) is 4.96. The molecule has 3 rings (SSSR count). The van der Waals surface area contributed by atoms with Crippen molar-refractivity contribution in [3.63, 3.8) is 0 Å². The van der Waals surface area contributed by atoms with Crippen molar-refractivity contribution in [1.82, 2.24) is 0 Å². The molecule has 0 spiro atoms. The number of alkyl halides is 1. The van der Waals surface area contributed by atoms with Crippen LogP contribution in [0.25, 0.3) is 0 Å². The van der Waals surface area contributed by atoms with Crippen molar-refractivity contribution < 1.29 is 4.74 Å². The molecule has 1 nitrogen and oxygen atoms in total. The summed E-state index contributed by atoms with van der Waals surface area (Å²) in [6.45, 7) is 0.826. The van der Waals surface area contributed by atoms with Gasteiger partial charge >= 0.3 is 0 Å². The van der Waals surface area contributed by atoms with Crippen LogP contribution in [0.2, 0.25) is 0 Å². The Morgan fingerprint density at radius 2 is 2.19 bits per heavy atom. The van der Waals surface area contributed by atoms with Gasteiger partial charge in [-0.3, -0.25) is 0 Å². The molecule has 0 bridgehead atoms. The summed E-state index contributed by atoms with van der Waals surface area (Å²) in [4.78, 5) is 0. The van der Waals surface area contributed by atoms with Gasteiger partial charge in [0.1, 0.15) is 5.75 Å². The Bertz CT molecular complexity index is 426. The van der Waals surface area contributed by atoms with Crippen molar-refractivity contribution in [2.24, 2.45) is 5.41 Å². The highest BCUT2D eigenvalue weighted by Crippen LogP contribution is 2.51. The number of fused-ring (bicyclic) bond motifs is 1. The summed E-state index contributed by atoms with van der Waals surface area (Å²) in [6, 6.07) is 4.36. The number of halogens is 2. The lowest BCUT2D eigenvalue weighted by molar-refractivity contribution is 0.351. The lowest BCUT2D eigenvalue weighted by Gasteiger charge is -2.14. The molecule has 0 amide bonds. The van der Waals surface area contributed by atoms with E-state index in [1.807, 2.05) is 0 Å². The number of rotatable bonds is 3. The van der Waals surface area contributed by atoms with Crippen LogP contribution in [0.4, 0.5) is 0 Å². The monoisotopic (exact) mass is 300 g/mol. The number of benzene rings is 1. The minimum atomic E-state index is 0.363. The van der Waals surface area contributed by atoms with Gasteiger partial charge in [-0.05, 0) is 47.9 Å². The zero-order chi connectivity index (χ0) is 11.2. The highest BCUT2D eigenvalue weighted by Gasteiger charge is 2.42. The Morgan fingerprint density at radius 3 is 2.88 bits per heavy atom. The molecule has 0 atom stereocenters. The van der Waals surface area contributed by atoms with E-state index in [4.69, 9.17) is 16.3 Å². The summed E-state index contributed by atoms with van der Waals surface area (Å²) in [6.07, 6.45) is 4.63. The molecule has 0 unspecified atom stereocenters. The topological polar surface area (TPSA) is 9.23 Å². The standard InChI is InChI=1S/C13H14BrClO/c14-11-5-9-1-4-16-12(9)10(6-11)7-13(8-15)2-3-13/h5-6H,1-4,7-8H2. The van der Waals surface area contributed by atoms with Crippen LogP contribution < -0.4 is 4.74 Å². The van der Waals surface area contributed by atoms with E-state index in [-0.39, 0.29) is 0 Å². The molecule has 1 aliphatic heterocycles. The van der Waals surface area contributed by atoms with E-state index in [9.17, 15) is 0 Å². The minimum Gasteiger partial charge on any atom is -0.493 e. The first-order chi connectivity index (χ1) is 7.72. The van der Waals surface area contributed by atoms with E-state index >= 15 is 0 Å². The van der Waals surface area contributed by atoms with Crippen molar-refractivity contribution >= 4 is 27.5 Å². The van der Waals surface area contributed by atoms with Crippen molar-refractivity contribution in [2.45, 2.75) is 25.7 Å². The zero-order valence-corrected chi connectivity index (χ0v) is 11.4. The van der Waals surface area contributed by atoms with Gasteiger partial charge in [-0.15, -0.1) is 11.6 Å². The molecule has 86 valence electrons. The third kappa shape index (κ3) is 1.86. The quantitative estimate of drug-likeness (QED) is 0.768. The van der Waals surface area contributed by atoms with Crippen LogP contribution in [0.5, 0.6) is 5.75 Å². The Kier molecular flexibility index (Phi) is 2.67. The van der Waals surface area contributed by atoms with Crippen LogP contribution in [0.1, 0.15) is 24.0 Å². The molecule has 1 aromatic rings. The molecule has 1 saturated carbocycles. The molecule has 0 radical (unpaired) electrons. The van der Waals surface area contributed by atoms with Crippen LogP contribution in [0.15, 0.2) is 16.6 Å². The summed E-state index contributed by atoms with van der Waals surface area (Å²) in [5.74, 6) is 1.90. The molecule has 1 aromatic carbocycles. The second kappa shape index (κ2) is 3.92. The van der Waals surface area contributed by atoms with Crippen molar-refractivity contribution in [1.29, 1.82) is 0 Å². The minimum absolute atomic E-state index is 0.363. The van der Waals surface area contributed by atoms with Gasteiger partial charge in [0, 0.05) is 16.8 Å². The van der Waals surface area contributed by atoms with Gasteiger partial charge in [-0.25, -0.2) is 0 Å². The first-order valence-corrected chi connectivity index (χ1v) is 7.05. The maximum Gasteiger partial charge on any atom is 0.125 e. The fourth-order valence-electron chi connectivity index (χ4n) is 2.42. The lowest BCUT2D eigenvalue weighted by Crippen LogP contribution is -2.07. The highest BCUT2D eigenvalue weighted by molar-refractivity contribution is 9.10. The van der Waals surface area contributed by atoms with Gasteiger partial charge in [-0.2, -0.15) is 0 Å². The first-order valence-electron chi connectivity index (χ1n) is 5.73. The zero-order valence-electron chi connectivity index (χ0n) is 9.06. The Morgan fingerprint density at radius 1 is 1.38 bits per heavy atom. The molecule has 2 aliphatic rings. The molecule has 0 N–H and O–H groups in total. The second-order valence-corrected chi connectivity index (χ2v) is 6.14. The third-order valence-electron chi connectivity index (χ3n) is 3.63. The molecule has 0 saturated heterocycles. The van der Waals surface area contributed by atoms with Crippen molar-refractivity contribution in [3.8, 4) is 5.75 Å². The van der Waals surface area contributed by atoms with Gasteiger partial charge in [0.2, 0.25) is 0 Å². The van der Waals surface area contributed by atoms with Crippen LogP contribution in [0.3, 0.4) is 0 Å². The highest BCUT2D eigenvalue weighted by atomic mass is 79.9. The third-order valence-corrected chi connectivity index (χ3v) is 4.66. The molecule has 0 aromatic heterocycles. The first kappa shape index (κ1) is 10.9. The summed E-state index contributed by atoms with van der Waals surface area (Å²) < 4.78 is 6.90. The molecular weight excluding hydrogens is 287 g/mol. The molecule has 3 heteroatoms. The maximum absolute atomic E-state index is 6.04. The van der Waals surface area contributed by atoms with E-state index in [0.29, 0.717) is 5.41 Å². The number of ether oxygens (including phenoxy) is 1. The van der Waals surface area contributed by atoms with Gasteiger partial charge < -0.3 is 4.74 Å². The van der Waals surface area contributed by atoms with Crippen molar-refractivity contribution in [3.05, 3.63) is 27.7 Å². The largest absolute Gasteiger partial charge is 0.493 e. The lowest BCUT2D eigenvalue weighted by atomic mass is 9.96. The van der Waals surface area contributed by atoms with Gasteiger partial charge in [0.15, 0.2) is 0 Å². The van der Waals surface area contributed by atoms with Gasteiger partial charge in [0.05, 0.1) is 6.61 Å². The summed E-state index contributed by atoms with van der Waals surface area (Å²) in [5, 5.41) is 0. The maximum atomic E-state index is 6.04. The number of hydrogen-bond acceptors (Lipinski definition) is 1. The molecule has 1 fully saturated rings. The summed E-state index contributed by atoms with van der Waals surface area (Å²) >= 11 is 9.62. The smallest absolute Gasteiger partial charge is 0.125 e. The fourth-order valence-corrected chi connectivity index (χ4v) is 3.33. The molecule has 1 aliphatic carbocycles. The number of hydrogen-bond donors (Lipinski definition) is 0. The fraction of sp³-hybridized carbons (Fsp3) is 0.538. The van der Waals surface area contributed by atoms with Crippen LogP contribution in [-0.2, 0) is 12.8 Å². The van der Waals surface area contributed by atoms with E-state index in [2.05, 4.69) is 28.1 Å². The summed E-state index contributed by atoms with van der Waals surface area (Å²) in [7, 11) is 0. The van der Waals surface area contributed by atoms with Crippen molar-refractivity contribution in [2.75, 3.05) is 12.5 Å². The van der Waals surface area contributed by atoms with E-state index in [1.165, 1.54) is 24.0 Å².